The van der Waals surface area contributed by atoms with Crippen LogP contribution in [0.5, 0.6) is 0 Å². The summed E-state index contributed by atoms with van der Waals surface area (Å²) in [5, 5.41) is 9.10. The molecule has 0 bridgehead atoms. The quantitative estimate of drug-likeness (QED) is 0.903. The molecule has 0 aliphatic heterocycles. The summed E-state index contributed by atoms with van der Waals surface area (Å²) in [5.41, 5.74) is 3.49. The third-order valence-corrected chi connectivity index (χ3v) is 3.65. The van der Waals surface area contributed by atoms with E-state index in [1.807, 2.05) is 25.7 Å². The van der Waals surface area contributed by atoms with E-state index >= 15 is 0 Å². The molecule has 0 saturated heterocycles. The molecule has 0 aliphatic rings. The van der Waals surface area contributed by atoms with Crippen molar-refractivity contribution in [3.63, 3.8) is 0 Å². The number of carbonyl (C=O) groups is 1. The minimum absolute atomic E-state index is 0.0532. The highest BCUT2D eigenvalue weighted by Gasteiger charge is 2.29. The van der Waals surface area contributed by atoms with Gasteiger partial charge in [0.1, 0.15) is 0 Å². The molecule has 1 unspecified atom stereocenters. The number of carboxylic acids is 1. The molecule has 3 heteroatoms. The molecule has 0 saturated carbocycles. The molecule has 1 aromatic rings. The highest BCUT2D eigenvalue weighted by molar-refractivity contribution is 5.69. The lowest BCUT2D eigenvalue weighted by atomic mass is 9.96. The lowest BCUT2D eigenvalue weighted by Gasteiger charge is -2.39. The van der Waals surface area contributed by atoms with Gasteiger partial charge in [0, 0.05) is 11.6 Å². The van der Waals surface area contributed by atoms with Crippen LogP contribution < -0.4 is 0 Å². The normalized spacial score (nSPS) is 13.6. The molecule has 0 aromatic heterocycles. The summed E-state index contributed by atoms with van der Waals surface area (Å²) in [4.78, 5) is 13.1. The number of hydrogen-bond donors (Lipinski definition) is 1. The maximum Gasteiger partial charge on any atom is 0.317 e. The largest absolute Gasteiger partial charge is 0.480 e. The van der Waals surface area contributed by atoms with Crippen LogP contribution in [0.15, 0.2) is 18.2 Å². The van der Waals surface area contributed by atoms with Crippen LogP contribution in [-0.2, 0) is 4.79 Å². The van der Waals surface area contributed by atoms with E-state index in [1.54, 1.807) is 0 Å². The monoisotopic (exact) mass is 263 g/mol. The lowest BCUT2D eigenvalue weighted by molar-refractivity contribution is -0.140. The van der Waals surface area contributed by atoms with Gasteiger partial charge in [0.2, 0.25) is 0 Å². The third-order valence-electron chi connectivity index (χ3n) is 3.65. The molecule has 3 nitrogen and oxygen atoms in total. The van der Waals surface area contributed by atoms with Crippen LogP contribution >= 0.6 is 0 Å². The van der Waals surface area contributed by atoms with E-state index < -0.39 is 5.97 Å². The van der Waals surface area contributed by atoms with Crippen molar-refractivity contribution in [2.75, 3.05) is 6.54 Å². The smallest absolute Gasteiger partial charge is 0.317 e. The summed E-state index contributed by atoms with van der Waals surface area (Å²) in [6.07, 6.45) is 0. The second-order valence-corrected chi connectivity index (χ2v) is 6.21. The molecule has 0 heterocycles. The van der Waals surface area contributed by atoms with Gasteiger partial charge in [0.25, 0.3) is 0 Å². The van der Waals surface area contributed by atoms with E-state index in [4.69, 9.17) is 5.11 Å². The topological polar surface area (TPSA) is 40.5 Å². The summed E-state index contributed by atoms with van der Waals surface area (Å²) in [7, 11) is 0. The predicted octanol–water partition coefficient (Wildman–Crippen LogP) is 3.55. The number of carboxylic acid groups (broad SMARTS) is 1. The molecule has 19 heavy (non-hydrogen) atoms. The Kier molecular flexibility index (Phi) is 4.75. The zero-order chi connectivity index (χ0) is 14.8. The van der Waals surface area contributed by atoms with Crippen molar-refractivity contribution in [1.29, 1.82) is 0 Å². The first kappa shape index (κ1) is 15.7. The summed E-state index contributed by atoms with van der Waals surface area (Å²) in [5.74, 6) is -0.786. The highest BCUT2D eigenvalue weighted by atomic mass is 16.4. The van der Waals surface area contributed by atoms with E-state index in [-0.39, 0.29) is 18.1 Å². The van der Waals surface area contributed by atoms with Gasteiger partial charge in [0.05, 0.1) is 6.54 Å². The van der Waals surface area contributed by atoms with Crippen LogP contribution in [0.1, 0.15) is 50.4 Å². The Hall–Kier alpha value is -1.35. The summed E-state index contributed by atoms with van der Waals surface area (Å²) in [6, 6.07) is 6.42. The number of aryl methyl sites for hydroxylation is 2. The van der Waals surface area contributed by atoms with Crippen molar-refractivity contribution in [3.8, 4) is 0 Å². The van der Waals surface area contributed by atoms with Gasteiger partial charge in [-0.05, 0) is 58.2 Å². The fraction of sp³-hybridized carbons (Fsp3) is 0.562. The molecule has 1 aromatic carbocycles. The minimum Gasteiger partial charge on any atom is -0.480 e. The van der Waals surface area contributed by atoms with Crippen LogP contribution in [0.3, 0.4) is 0 Å². The Bertz CT molecular complexity index is 460. The number of aliphatic carboxylic acids is 1. The van der Waals surface area contributed by atoms with Crippen LogP contribution in [0.25, 0.3) is 0 Å². The zero-order valence-electron chi connectivity index (χ0n) is 12.8. The van der Waals surface area contributed by atoms with E-state index in [0.717, 1.165) is 0 Å². The van der Waals surface area contributed by atoms with Gasteiger partial charge in [-0.3, -0.25) is 9.69 Å². The van der Waals surface area contributed by atoms with Crippen molar-refractivity contribution in [1.82, 2.24) is 4.90 Å². The molecular weight excluding hydrogens is 238 g/mol. The molecule has 1 rings (SSSR count). The second kappa shape index (κ2) is 5.74. The fourth-order valence-electron chi connectivity index (χ4n) is 2.31. The Morgan fingerprint density at radius 1 is 1.26 bits per heavy atom. The Balaban J connectivity index is 3.08. The van der Waals surface area contributed by atoms with Crippen molar-refractivity contribution >= 4 is 5.97 Å². The molecule has 0 fully saturated rings. The summed E-state index contributed by atoms with van der Waals surface area (Å²) < 4.78 is 0. The first-order chi connectivity index (χ1) is 8.62. The highest BCUT2D eigenvalue weighted by Crippen LogP contribution is 2.28. The molecule has 0 aliphatic carbocycles. The molecular formula is C16H25NO2. The Morgan fingerprint density at radius 2 is 1.84 bits per heavy atom. The van der Waals surface area contributed by atoms with Crippen LogP contribution in [0.2, 0.25) is 0 Å². The van der Waals surface area contributed by atoms with E-state index in [2.05, 4.69) is 39.0 Å². The zero-order valence-corrected chi connectivity index (χ0v) is 12.8. The van der Waals surface area contributed by atoms with Gasteiger partial charge in [-0.2, -0.15) is 0 Å². The third kappa shape index (κ3) is 4.06. The molecule has 106 valence electrons. The van der Waals surface area contributed by atoms with Crippen LogP contribution in [-0.4, -0.2) is 28.1 Å². The van der Waals surface area contributed by atoms with Gasteiger partial charge in [-0.25, -0.2) is 0 Å². The first-order valence-electron chi connectivity index (χ1n) is 6.68. The molecule has 1 N–H and O–H groups in total. The van der Waals surface area contributed by atoms with Crippen molar-refractivity contribution in [2.45, 2.75) is 53.1 Å². The summed E-state index contributed by atoms with van der Waals surface area (Å²) in [6.45, 7) is 12.4. The average Bonchev–Trinajstić information content (AvgIpc) is 2.27. The fourth-order valence-corrected chi connectivity index (χ4v) is 2.31. The molecule has 0 radical (unpaired) electrons. The molecule has 0 spiro atoms. The average molecular weight is 263 g/mol. The van der Waals surface area contributed by atoms with Crippen LogP contribution in [0, 0.1) is 13.8 Å². The van der Waals surface area contributed by atoms with Gasteiger partial charge < -0.3 is 5.11 Å². The van der Waals surface area contributed by atoms with Crippen LogP contribution in [0.4, 0.5) is 0 Å². The SMILES string of the molecule is Cc1ccc(C(C)N(CC(=O)O)C(C)(C)C)cc1C. The predicted molar refractivity (Wildman–Crippen MR) is 78.4 cm³/mol. The van der Waals surface area contributed by atoms with Gasteiger partial charge in [-0.1, -0.05) is 18.2 Å². The first-order valence-corrected chi connectivity index (χ1v) is 6.68. The minimum atomic E-state index is -0.786. The van der Waals surface area contributed by atoms with Gasteiger partial charge in [0.15, 0.2) is 0 Å². The van der Waals surface area contributed by atoms with Crippen molar-refractivity contribution < 1.29 is 9.90 Å². The van der Waals surface area contributed by atoms with E-state index in [0.29, 0.717) is 0 Å². The van der Waals surface area contributed by atoms with E-state index in [1.165, 1.54) is 16.7 Å². The molecule has 1 atom stereocenters. The number of nitrogens with zero attached hydrogens (tertiary/aromatic N) is 1. The maximum absolute atomic E-state index is 11.1. The number of benzene rings is 1. The Labute approximate surface area is 116 Å². The maximum atomic E-state index is 11.1. The standard InChI is InChI=1S/C16H25NO2/c1-11-7-8-14(9-12(11)2)13(3)17(10-15(18)19)16(4,5)6/h7-9,13H,10H2,1-6H3,(H,18,19). The number of rotatable bonds is 4. The van der Waals surface area contributed by atoms with Crippen molar-refractivity contribution in [3.05, 3.63) is 34.9 Å². The number of hydrogen-bond acceptors (Lipinski definition) is 2. The molecule has 0 amide bonds. The van der Waals surface area contributed by atoms with Gasteiger partial charge >= 0.3 is 5.97 Å². The van der Waals surface area contributed by atoms with Gasteiger partial charge in [-0.15, -0.1) is 0 Å². The van der Waals surface area contributed by atoms with E-state index in [9.17, 15) is 4.79 Å². The van der Waals surface area contributed by atoms with Crippen molar-refractivity contribution in [2.24, 2.45) is 0 Å². The summed E-state index contributed by atoms with van der Waals surface area (Å²) >= 11 is 0. The second-order valence-electron chi connectivity index (χ2n) is 6.21. The lowest BCUT2D eigenvalue weighted by Crippen LogP contribution is -2.45. The Morgan fingerprint density at radius 3 is 2.26 bits per heavy atom.